The van der Waals surface area contributed by atoms with Gasteiger partial charge in [0.15, 0.2) is 4.51 Å². The summed E-state index contributed by atoms with van der Waals surface area (Å²) in [6.07, 6.45) is 3.95. The van der Waals surface area contributed by atoms with Gasteiger partial charge in [0.1, 0.15) is 0 Å². The molecule has 0 unspecified atom stereocenters. The van der Waals surface area contributed by atoms with Crippen LogP contribution in [-0.2, 0) is 16.0 Å². The number of carbonyl (C=O) groups excluding carboxylic acids is 1. The smallest absolute Gasteiger partial charge is 0.307 e. The molecule has 0 atom stereocenters. The van der Waals surface area contributed by atoms with Gasteiger partial charge in [-0.1, -0.05) is 36.9 Å². The topological polar surface area (TPSA) is 26.3 Å². The molecule has 0 bridgehead atoms. The van der Waals surface area contributed by atoms with Crippen molar-refractivity contribution in [2.45, 2.75) is 37.6 Å². The number of esters is 1. The molecule has 0 fully saturated rings. The Morgan fingerprint density at radius 1 is 1.39 bits per heavy atom. The molecule has 0 spiro atoms. The minimum Gasteiger partial charge on any atom is -0.448 e. The van der Waals surface area contributed by atoms with Gasteiger partial charge in [-0.2, -0.15) is 0 Å². The van der Waals surface area contributed by atoms with Crippen LogP contribution in [0.5, 0.6) is 0 Å². The first-order valence-corrected chi connectivity index (χ1v) is 6.82. The van der Waals surface area contributed by atoms with E-state index in [9.17, 15) is 4.79 Å². The number of ether oxygens (including phenoxy) is 1. The molecule has 1 aromatic carbocycles. The highest BCUT2D eigenvalue weighted by molar-refractivity contribution is 9.10. The van der Waals surface area contributed by atoms with Crippen molar-refractivity contribution >= 4 is 28.0 Å². The van der Waals surface area contributed by atoms with Gasteiger partial charge in [-0.15, -0.1) is 0 Å². The van der Waals surface area contributed by atoms with Crippen LogP contribution in [0, 0.1) is 0 Å². The first-order chi connectivity index (χ1) is 8.40. The van der Waals surface area contributed by atoms with Crippen LogP contribution in [0.1, 0.15) is 37.8 Å². The van der Waals surface area contributed by atoms with E-state index in [2.05, 4.69) is 34.6 Å². The molecule has 0 aliphatic heterocycles. The summed E-state index contributed by atoms with van der Waals surface area (Å²) in [6.45, 7) is 7.32. The van der Waals surface area contributed by atoms with Gasteiger partial charge >= 0.3 is 5.97 Å². The van der Waals surface area contributed by atoms with Crippen molar-refractivity contribution in [1.29, 1.82) is 0 Å². The maximum atomic E-state index is 11.5. The lowest BCUT2D eigenvalue weighted by atomic mass is 10.1. The quantitative estimate of drug-likeness (QED) is 0.577. The van der Waals surface area contributed by atoms with Crippen molar-refractivity contribution < 1.29 is 9.53 Å². The molecule has 1 aromatic rings. The number of halogens is 1. The van der Waals surface area contributed by atoms with E-state index in [-0.39, 0.29) is 5.97 Å². The van der Waals surface area contributed by atoms with Crippen molar-refractivity contribution in [2.24, 2.45) is 0 Å². The maximum absolute atomic E-state index is 11.5. The Labute approximate surface area is 117 Å². The number of alkyl halides is 1. The summed E-state index contributed by atoms with van der Waals surface area (Å²) in [4.78, 5) is 11.5. The van der Waals surface area contributed by atoms with Crippen LogP contribution in [-0.4, -0.2) is 10.5 Å². The molecule has 0 N–H and O–H groups in total. The Bertz CT molecular complexity index is 401. The third-order valence-electron chi connectivity index (χ3n) is 2.42. The fourth-order valence-electron chi connectivity index (χ4n) is 1.58. The van der Waals surface area contributed by atoms with E-state index in [1.807, 2.05) is 18.2 Å². The highest BCUT2D eigenvalue weighted by Gasteiger charge is 2.17. The predicted molar refractivity (Wildman–Crippen MR) is 78.6 cm³/mol. The first-order valence-electron chi connectivity index (χ1n) is 6.03. The molecule has 0 amide bonds. The molecule has 2 nitrogen and oxygen atoms in total. The van der Waals surface area contributed by atoms with Crippen molar-refractivity contribution in [1.82, 2.24) is 0 Å². The van der Waals surface area contributed by atoms with Crippen LogP contribution in [0.2, 0.25) is 0 Å². The van der Waals surface area contributed by atoms with Crippen LogP contribution in [0.3, 0.4) is 0 Å². The van der Waals surface area contributed by atoms with E-state index < -0.39 is 4.51 Å². The Morgan fingerprint density at radius 3 is 2.50 bits per heavy atom. The zero-order chi connectivity index (χ0) is 13.6. The number of hydrogen-bond acceptors (Lipinski definition) is 2. The summed E-state index contributed by atoms with van der Waals surface area (Å²) >= 11 is 3.28. The molecule has 0 radical (unpaired) electrons. The SMILES string of the molecule is C=Cc1ccc(CCCC(=O)OC(C)(C)Br)cc1. The number of hydrogen-bond donors (Lipinski definition) is 0. The van der Waals surface area contributed by atoms with E-state index in [1.54, 1.807) is 13.8 Å². The molecule has 98 valence electrons. The number of benzene rings is 1. The van der Waals surface area contributed by atoms with E-state index in [1.165, 1.54) is 5.56 Å². The largest absolute Gasteiger partial charge is 0.448 e. The summed E-state index contributed by atoms with van der Waals surface area (Å²) in [5.41, 5.74) is 2.34. The molecule has 0 aliphatic rings. The van der Waals surface area contributed by atoms with Gasteiger partial charge in [0, 0.05) is 6.42 Å². The predicted octanol–water partition coefficient (Wildman–Crippen LogP) is 4.33. The molecule has 0 heterocycles. The van der Waals surface area contributed by atoms with E-state index in [4.69, 9.17) is 4.74 Å². The minimum absolute atomic E-state index is 0.167. The minimum atomic E-state index is -0.574. The number of carbonyl (C=O) groups is 1. The van der Waals surface area contributed by atoms with Crippen LogP contribution in [0.25, 0.3) is 6.08 Å². The van der Waals surface area contributed by atoms with Crippen LogP contribution >= 0.6 is 15.9 Å². The van der Waals surface area contributed by atoms with Crippen LogP contribution < -0.4 is 0 Å². The molecule has 18 heavy (non-hydrogen) atoms. The van der Waals surface area contributed by atoms with Gasteiger partial charge in [0.25, 0.3) is 0 Å². The fourth-order valence-corrected chi connectivity index (χ4v) is 1.76. The summed E-state index contributed by atoms with van der Waals surface area (Å²) in [5, 5.41) is 0. The molecule has 0 saturated heterocycles. The van der Waals surface area contributed by atoms with Crippen LogP contribution in [0.15, 0.2) is 30.8 Å². The second kappa shape index (κ2) is 6.74. The molecular formula is C15H19BrO2. The summed E-state index contributed by atoms with van der Waals surface area (Å²) in [5.74, 6) is -0.167. The van der Waals surface area contributed by atoms with Crippen molar-refractivity contribution in [2.75, 3.05) is 0 Å². The third kappa shape index (κ3) is 6.01. The van der Waals surface area contributed by atoms with E-state index >= 15 is 0 Å². The molecule has 0 aliphatic carbocycles. The standard InChI is InChI=1S/C15H19BrO2/c1-4-12-8-10-13(11-9-12)6-5-7-14(17)18-15(2,3)16/h4,8-11H,1,5-7H2,2-3H3. The molecule has 0 aromatic heterocycles. The lowest BCUT2D eigenvalue weighted by molar-refractivity contribution is -0.149. The Balaban J connectivity index is 2.33. The second-order valence-electron chi connectivity index (χ2n) is 4.64. The number of rotatable bonds is 6. The fraction of sp³-hybridized carbons (Fsp3) is 0.400. The first kappa shape index (κ1) is 15.0. The van der Waals surface area contributed by atoms with Crippen molar-refractivity contribution in [3.05, 3.63) is 42.0 Å². The molecule has 3 heteroatoms. The molecule has 0 saturated carbocycles. The van der Waals surface area contributed by atoms with Gasteiger partial charge < -0.3 is 4.74 Å². The molecular weight excluding hydrogens is 292 g/mol. The highest BCUT2D eigenvalue weighted by atomic mass is 79.9. The Hall–Kier alpha value is -1.09. The second-order valence-corrected chi connectivity index (χ2v) is 6.55. The highest BCUT2D eigenvalue weighted by Crippen LogP contribution is 2.18. The zero-order valence-corrected chi connectivity index (χ0v) is 12.5. The number of aryl methyl sites for hydroxylation is 1. The maximum Gasteiger partial charge on any atom is 0.307 e. The lowest BCUT2D eigenvalue weighted by Crippen LogP contribution is -2.20. The van der Waals surface area contributed by atoms with Crippen molar-refractivity contribution in [3.8, 4) is 0 Å². The van der Waals surface area contributed by atoms with Crippen molar-refractivity contribution in [3.63, 3.8) is 0 Å². The Morgan fingerprint density at radius 2 is 2.00 bits per heavy atom. The monoisotopic (exact) mass is 310 g/mol. The average molecular weight is 311 g/mol. The Kier molecular flexibility index (Phi) is 5.60. The third-order valence-corrected chi connectivity index (χ3v) is 2.58. The molecule has 1 rings (SSSR count). The summed E-state index contributed by atoms with van der Waals surface area (Å²) in [7, 11) is 0. The van der Waals surface area contributed by atoms with Crippen LogP contribution in [0.4, 0.5) is 0 Å². The van der Waals surface area contributed by atoms with Gasteiger partial charge in [-0.25, -0.2) is 0 Å². The van der Waals surface area contributed by atoms with Gasteiger partial charge in [-0.05, 0) is 53.7 Å². The zero-order valence-electron chi connectivity index (χ0n) is 10.9. The summed E-state index contributed by atoms with van der Waals surface area (Å²) < 4.78 is 4.60. The normalized spacial score (nSPS) is 11.1. The summed E-state index contributed by atoms with van der Waals surface area (Å²) in [6, 6.07) is 8.19. The lowest BCUT2D eigenvalue weighted by Gasteiger charge is -2.17. The van der Waals surface area contributed by atoms with E-state index in [0.29, 0.717) is 6.42 Å². The van der Waals surface area contributed by atoms with Gasteiger partial charge in [0.05, 0.1) is 0 Å². The van der Waals surface area contributed by atoms with E-state index in [0.717, 1.165) is 18.4 Å². The van der Waals surface area contributed by atoms with Gasteiger partial charge in [-0.3, -0.25) is 4.79 Å². The average Bonchev–Trinajstić information content (AvgIpc) is 2.27. The van der Waals surface area contributed by atoms with Gasteiger partial charge in [0.2, 0.25) is 0 Å².